The molecule has 0 aromatic carbocycles. The molecule has 14 heteroatoms. The van der Waals surface area contributed by atoms with Gasteiger partial charge in [-0.3, -0.25) is 4.79 Å². The second-order valence-electron chi connectivity index (χ2n) is 20.9. The molecule has 322 valence electrons. The molecule has 7 rings (SSSR count). The van der Waals surface area contributed by atoms with E-state index in [2.05, 4.69) is 41.5 Å². The highest BCUT2D eigenvalue weighted by molar-refractivity contribution is 5.66. The highest BCUT2D eigenvalue weighted by atomic mass is 16.7. The van der Waals surface area contributed by atoms with E-state index in [-0.39, 0.29) is 64.6 Å². The van der Waals surface area contributed by atoms with Crippen LogP contribution >= 0.6 is 0 Å². The SMILES string of the molecule is CC(=O)O[C@H]1C[C@@](C)([C@H]2CC[C@]3(C)[C@@H]2[C@H](O)C[C@@H]2[C@@]4(C)CC[C@H](O[C@@H]5OC[C@@H](O)[C@H](O)[C@H]5O[C@@H]5OC[C@@H](O)[C@H](O)[C@H]5O)C(C)(C)[C@@H]4CC[C@]23C)OC(C)(C)[C@@H]1O. The van der Waals surface area contributed by atoms with Gasteiger partial charge in [-0.1, -0.05) is 34.6 Å². The molecule has 4 saturated carbocycles. The zero-order valence-electron chi connectivity index (χ0n) is 34.8. The molecule has 14 nitrogen and oxygen atoms in total. The lowest BCUT2D eigenvalue weighted by molar-refractivity contribution is -0.357. The van der Waals surface area contributed by atoms with Gasteiger partial charge in [0.1, 0.15) is 48.8 Å². The molecular weight excluding hydrogens is 728 g/mol. The van der Waals surface area contributed by atoms with Gasteiger partial charge in [-0.05, 0) is 111 Å². The van der Waals surface area contributed by atoms with E-state index in [0.717, 1.165) is 32.1 Å². The van der Waals surface area contributed by atoms with Crippen molar-refractivity contribution in [2.45, 2.75) is 199 Å². The van der Waals surface area contributed by atoms with Crippen molar-refractivity contribution >= 4 is 5.97 Å². The van der Waals surface area contributed by atoms with Gasteiger partial charge in [0.25, 0.3) is 0 Å². The summed E-state index contributed by atoms with van der Waals surface area (Å²) >= 11 is 0. The number of rotatable bonds is 6. The van der Waals surface area contributed by atoms with Crippen molar-refractivity contribution in [1.29, 1.82) is 0 Å². The van der Waals surface area contributed by atoms with Crippen molar-refractivity contribution in [3.05, 3.63) is 0 Å². The summed E-state index contributed by atoms with van der Waals surface area (Å²) in [4.78, 5) is 12.1. The van der Waals surface area contributed by atoms with Gasteiger partial charge in [-0.25, -0.2) is 0 Å². The molecule has 3 heterocycles. The average molecular weight is 799 g/mol. The minimum absolute atomic E-state index is 0.00388. The number of hydrogen-bond donors (Lipinski definition) is 7. The van der Waals surface area contributed by atoms with Gasteiger partial charge in [0.15, 0.2) is 12.6 Å². The van der Waals surface area contributed by atoms with Crippen LogP contribution in [0.4, 0.5) is 0 Å². The zero-order valence-corrected chi connectivity index (χ0v) is 34.8. The highest BCUT2D eigenvalue weighted by Gasteiger charge is 2.72. The molecule has 3 saturated heterocycles. The quantitative estimate of drug-likeness (QED) is 0.152. The van der Waals surface area contributed by atoms with Crippen LogP contribution in [-0.2, 0) is 33.2 Å². The molecule has 7 aliphatic rings. The van der Waals surface area contributed by atoms with Gasteiger partial charge < -0.3 is 64.2 Å². The van der Waals surface area contributed by atoms with Crippen molar-refractivity contribution in [3.63, 3.8) is 0 Å². The van der Waals surface area contributed by atoms with Crippen molar-refractivity contribution in [2.75, 3.05) is 13.2 Å². The molecule has 56 heavy (non-hydrogen) atoms. The predicted molar refractivity (Wildman–Crippen MR) is 199 cm³/mol. The Balaban J connectivity index is 1.11. The number of ether oxygens (including phenoxy) is 6. The van der Waals surface area contributed by atoms with E-state index in [1.54, 1.807) is 0 Å². The van der Waals surface area contributed by atoms with E-state index >= 15 is 0 Å². The van der Waals surface area contributed by atoms with Crippen LogP contribution in [0.15, 0.2) is 0 Å². The summed E-state index contributed by atoms with van der Waals surface area (Å²) in [5.74, 6) is -0.0193. The fraction of sp³-hybridized carbons (Fsp3) is 0.976. The summed E-state index contributed by atoms with van der Waals surface area (Å²) in [6.07, 6.45) is -7.08. The van der Waals surface area contributed by atoms with Gasteiger partial charge in [-0.2, -0.15) is 0 Å². The summed E-state index contributed by atoms with van der Waals surface area (Å²) in [7, 11) is 0. The Morgan fingerprint density at radius 3 is 1.96 bits per heavy atom. The molecule has 0 radical (unpaired) electrons. The van der Waals surface area contributed by atoms with E-state index in [1.165, 1.54) is 6.92 Å². The number of carbonyl (C=O) groups excluding carboxylic acids is 1. The van der Waals surface area contributed by atoms with E-state index in [9.17, 15) is 40.5 Å². The van der Waals surface area contributed by atoms with Gasteiger partial charge in [0.2, 0.25) is 0 Å². The first-order valence-electron chi connectivity index (χ1n) is 21.1. The van der Waals surface area contributed by atoms with E-state index in [1.807, 2.05) is 13.8 Å². The molecule has 20 atom stereocenters. The summed E-state index contributed by atoms with van der Waals surface area (Å²) < 4.78 is 36.6. The fourth-order valence-electron chi connectivity index (χ4n) is 14.1. The molecule has 0 unspecified atom stereocenters. The molecular formula is C42H70O14. The van der Waals surface area contributed by atoms with E-state index in [0.29, 0.717) is 19.3 Å². The Hall–Kier alpha value is -1.01. The van der Waals surface area contributed by atoms with Gasteiger partial charge in [0.05, 0.1) is 36.6 Å². The minimum atomic E-state index is -1.59. The van der Waals surface area contributed by atoms with Crippen molar-refractivity contribution < 1.29 is 69.0 Å². The Kier molecular flexibility index (Phi) is 11.2. The third kappa shape index (κ3) is 6.63. The number of aliphatic hydroxyl groups is 7. The van der Waals surface area contributed by atoms with Crippen LogP contribution in [0.2, 0.25) is 0 Å². The third-order valence-corrected chi connectivity index (χ3v) is 17.1. The topological polar surface area (TPSA) is 214 Å². The van der Waals surface area contributed by atoms with Gasteiger partial charge in [-0.15, -0.1) is 0 Å². The molecule has 0 bridgehead atoms. The Labute approximate surface area is 331 Å². The summed E-state index contributed by atoms with van der Waals surface area (Å²) in [6, 6.07) is 0. The van der Waals surface area contributed by atoms with Crippen LogP contribution in [0.1, 0.15) is 114 Å². The van der Waals surface area contributed by atoms with Gasteiger partial charge in [0, 0.05) is 13.3 Å². The largest absolute Gasteiger partial charge is 0.460 e. The lowest BCUT2D eigenvalue weighted by atomic mass is 9.35. The Morgan fingerprint density at radius 2 is 1.30 bits per heavy atom. The predicted octanol–water partition coefficient (Wildman–Crippen LogP) is 2.18. The minimum Gasteiger partial charge on any atom is -0.460 e. The summed E-state index contributed by atoms with van der Waals surface area (Å²) in [5, 5.41) is 75.9. The molecule has 0 aromatic rings. The molecule has 7 N–H and O–H groups in total. The van der Waals surface area contributed by atoms with Crippen LogP contribution in [0.25, 0.3) is 0 Å². The van der Waals surface area contributed by atoms with E-state index < -0.39 is 84.7 Å². The van der Waals surface area contributed by atoms with Crippen molar-refractivity contribution in [1.82, 2.24) is 0 Å². The average Bonchev–Trinajstić information content (AvgIpc) is 3.49. The molecule has 3 aliphatic heterocycles. The Bertz CT molecular complexity index is 1460. The van der Waals surface area contributed by atoms with Gasteiger partial charge >= 0.3 is 5.97 Å². The monoisotopic (exact) mass is 798 g/mol. The lowest BCUT2D eigenvalue weighted by Gasteiger charge is -2.71. The lowest BCUT2D eigenvalue weighted by Crippen LogP contribution is -2.68. The Morgan fingerprint density at radius 1 is 0.679 bits per heavy atom. The molecule has 0 aromatic heterocycles. The third-order valence-electron chi connectivity index (χ3n) is 17.1. The van der Waals surface area contributed by atoms with E-state index in [4.69, 9.17) is 28.4 Å². The maximum absolute atomic E-state index is 12.4. The molecule has 7 fully saturated rings. The summed E-state index contributed by atoms with van der Waals surface area (Å²) in [6.45, 7) is 18.4. The number of fused-ring (bicyclic) bond motifs is 5. The smallest absolute Gasteiger partial charge is 0.302 e. The first-order valence-corrected chi connectivity index (χ1v) is 21.1. The first-order chi connectivity index (χ1) is 25.9. The first kappa shape index (κ1) is 43.1. The number of esters is 1. The fourth-order valence-corrected chi connectivity index (χ4v) is 14.1. The maximum atomic E-state index is 12.4. The van der Waals surface area contributed by atoms with Crippen molar-refractivity contribution in [2.24, 2.45) is 45.3 Å². The van der Waals surface area contributed by atoms with Crippen LogP contribution in [0.5, 0.6) is 0 Å². The maximum Gasteiger partial charge on any atom is 0.302 e. The number of aliphatic hydroxyl groups excluding tert-OH is 7. The van der Waals surface area contributed by atoms with Crippen LogP contribution in [0, 0.1) is 45.3 Å². The van der Waals surface area contributed by atoms with Crippen LogP contribution < -0.4 is 0 Å². The standard InChI is InChI=1S/C42H70O14/c1-20(43)53-25-17-42(9,56-38(4,5)34(25)50)21-10-14-41(8)29(21)22(44)16-27-39(6)13-12-28(37(2,3)26(39)11-15-40(27,41)7)54-36-33(31(48)24(46)19-52-36)55-35-32(49)30(47)23(45)18-51-35/h21-36,44-50H,10-19H2,1-9H3/t21-,22+,23+,24+,25-,26-,27+,28-,29-,30-,31-,32+,33+,34+,35-,36-,39-,40+,41+,42-/m0/s1. The highest BCUT2D eigenvalue weighted by Crippen LogP contribution is 2.76. The molecule has 0 spiro atoms. The van der Waals surface area contributed by atoms with Crippen LogP contribution in [0.3, 0.4) is 0 Å². The second-order valence-corrected chi connectivity index (χ2v) is 20.9. The van der Waals surface area contributed by atoms with Crippen LogP contribution in [-0.4, -0.2) is 140 Å². The second kappa shape index (κ2) is 14.6. The molecule has 0 amide bonds. The number of carbonyl (C=O) groups is 1. The normalized spacial score (nSPS) is 55.4. The summed E-state index contributed by atoms with van der Waals surface area (Å²) in [5.41, 5.74) is -2.44. The van der Waals surface area contributed by atoms with Crippen molar-refractivity contribution in [3.8, 4) is 0 Å². The molecule has 4 aliphatic carbocycles. The number of hydrogen-bond acceptors (Lipinski definition) is 14. The zero-order chi connectivity index (χ0) is 41.1.